The maximum atomic E-state index is 10.7. The van der Waals surface area contributed by atoms with Crippen LogP contribution in [0.5, 0.6) is 11.6 Å². The van der Waals surface area contributed by atoms with Crippen LogP contribution in [0.2, 0.25) is 10.2 Å². The summed E-state index contributed by atoms with van der Waals surface area (Å²) in [5, 5.41) is 10.9. The van der Waals surface area contributed by atoms with Gasteiger partial charge in [0.1, 0.15) is 21.7 Å². The fraction of sp³-hybridized carbons (Fsp3) is 0.167. The van der Waals surface area contributed by atoms with E-state index in [9.17, 15) is 10.1 Å². The summed E-state index contributed by atoms with van der Waals surface area (Å²) in [6.07, 6.45) is 0.609. The lowest BCUT2D eigenvalue weighted by atomic mass is 10.3. The van der Waals surface area contributed by atoms with E-state index in [0.717, 1.165) is 0 Å². The zero-order valence-corrected chi connectivity index (χ0v) is 11.9. The van der Waals surface area contributed by atoms with Gasteiger partial charge in [0, 0.05) is 24.6 Å². The van der Waals surface area contributed by atoms with Crippen LogP contribution < -0.4 is 4.74 Å². The van der Waals surface area contributed by atoms with Crippen molar-refractivity contribution in [1.82, 2.24) is 9.97 Å². The maximum Gasteiger partial charge on any atom is 0.288 e. The lowest BCUT2D eigenvalue weighted by molar-refractivity contribution is -0.384. The number of nitro benzene ring substituents is 1. The smallest absolute Gasteiger partial charge is 0.288 e. The molecule has 0 N–H and O–H groups in total. The van der Waals surface area contributed by atoms with E-state index in [-0.39, 0.29) is 21.7 Å². The highest BCUT2D eigenvalue weighted by Crippen LogP contribution is 2.30. The average Bonchev–Trinajstić information content (AvgIpc) is 2.37. The largest absolute Gasteiger partial charge is 0.439 e. The molecule has 0 aliphatic carbocycles. The van der Waals surface area contributed by atoms with E-state index in [2.05, 4.69) is 9.97 Å². The first-order valence-corrected chi connectivity index (χ1v) is 6.40. The van der Waals surface area contributed by atoms with Gasteiger partial charge in [-0.05, 0) is 6.07 Å². The van der Waals surface area contributed by atoms with Gasteiger partial charge in [-0.2, -0.15) is 4.98 Å². The Morgan fingerprint density at radius 1 is 1.30 bits per heavy atom. The van der Waals surface area contributed by atoms with Crippen molar-refractivity contribution in [2.45, 2.75) is 13.3 Å². The van der Waals surface area contributed by atoms with E-state index in [1.165, 1.54) is 24.3 Å². The van der Waals surface area contributed by atoms with Crippen molar-refractivity contribution >= 4 is 28.9 Å². The predicted octanol–water partition coefficient (Wildman–Crippen LogP) is 4.05. The second-order valence-electron chi connectivity index (χ2n) is 3.77. The summed E-state index contributed by atoms with van der Waals surface area (Å²) >= 11 is 11.6. The molecule has 0 bridgehead atoms. The van der Waals surface area contributed by atoms with Crippen LogP contribution in [0.15, 0.2) is 24.3 Å². The molecule has 2 aromatic rings. The Morgan fingerprint density at radius 3 is 2.65 bits per heavy atom. The predicted molar refractivity (Wildman–Crippen MR) is 74.6 cm³/mol. The van der Waals surface area contributed by atoms with Crippen molar-refractivity contribution < 1.29 is 9.66 Å². The summed E-state index contributed by atoms with van der Waals surface area (Å²) < 4.78 is 5.47. The normalized spacial score (nSPS) is 10.3. The van der Waals surface area contributed by atoms with Crippen LogP contribution in [-0.2, 0) is 6.42 Å². The van der Waals surface area contributed by atoms with Crippen LogP contribution in [0, 0.1) is 10.1 Å². The number of nitrogens with zero attached hydrogens (tertiary/aromatic N) is 3. The Hall–Kier alpha value is -1.92. The number of ether oxygens (including phenoxy) is 1. The van der Waals surface area contributed by atoms with Gasteiger partial charge < -0.3 is 4.74 Å². The third-order valence-corrected chi connectivity index (χ3v) is 2.87. The highest BCUT2D eigenvalue weighted by Gasteiger charge is 2.13. The lowest BCUT2D eigenvalue weighted by Gasteiger charge is -2.06. The van der Waals surface area contributed by atoms with Crippen molar-refractivity contribution in [3.63, 3.8) is 0 Å². The van der Waals surface area contributed by atoms with Crippen molar-refractivity contribution in [3.8, 4) is 11.6 Å². The second-order valence-corrected chi connectivity index (χ2v) is 4.57. The van der Waals surface area contributed by atoms with Crippen molar-refractivity contribution in [2.24, 2.45) is 0 Å². The van der Waals surface area contributed by atoms with E-state index in [1.54, 1.807) is 0 Å². The van der Waals surface area contributed by atoms with Crippen LogP contribution in [0.3, 0.4) is 0 Å². The molecule has 0 atom stereocenters. The molecule has 0 spiro atoms. The minimum absolute atomic E-state index is 0.0108. The van der Waals surface area contributed by atoms with Gasteiger partial charge in [-0.15, -0.1) is 0 Å². The third-order valence-electron chi connectivity index (χ3n) is 2.37. The maximum absolute atomic E-state index is 10.7. The highest BCUT2D eigenvalue weighted by molar-refractivity contribution is 6.32. The molecule has 0 saturated heterocycles. The van der Waals surface area contributed by atoms with Crippen LogP contribution in [0.1, 0.15) is 12.7 Å². The highest BCUT2D eigenvalue weighted by atomic mass is 35.5. The fourth-order valence-corrected chi connectivity index (χ4v) is 1.90. The van der Waals surface area contributed by atoms with Crippen LogP contribution in [-0.4, -0.2) is 14.9 Å². The molecule has 1 heterocycles. The molecule has 0 amide bonds. The number of benzene rings is 1. The monoisotopic (exact) mass is 313 g/mol. The van der Waals surface area contributed by atoms with Gasteiger partial charge in [0.25, 0.3) is 5.69 Å². The first-order valence-electron chi connectivity index (χ1n) is 5.65. The number of aromatic nitrogens is 2. The zero-order valence-electron chi connectivity index (χ0n) is 10.3. The topological polar surface area (TPSA) is 78.2 Å². The lowest BCUT2D eigenvalue weighted by Crippen LogP contribution is -1.97. The van der Waals surface area contributed by atoms with E-state index in [1.807, 2.05) is 6.92 Å². The SMILES string of the molecule is CCc1nc(Cl)cc(Oc2ccc([N+](=O)[O-])c(Cl)c2)n1. The number of halogens is 2. The summed E-state index contributed by atoms with van der Waals surface area (Å²) in [4.78, 5) is 18.2. The summed E-state index contributed by atoms with van der Waals surface area (Å²) in [6.45, 7) is 1.89. The molecule has 0 fully saturated rings. The molecule has 20 heavy (non-hydrogen) atoms. The quantitative estimate of drug-likeness (QED) is 0.483. The molecule has 0 aliphatic rings. The first-order chi connectivity index (χ1) is 9.49. The second kappa shape index (κ2) is 6.02. The number of aryl methyl sites for hydroxylation is 1. The summed E-state index contributed by atoms with van der Waals surface area (Å²) in [5.41, 5.74) is -0.186. The molecule has 6 nitrogen and oxygen atoms in total. The molecule has 0 unspecified atom stereocenters. The van der Waals surface area contributed by atoms with Gasteiger partial charge in [-0.3, -0.25) is 10.1 Å². The number of hydrogen-bond acceptors (Lipinski definition) is 5. The molecule has 1 aromatic heterocycles. The Balaban J connectivity index is 2.28. The Labute approximate surface area is 124 Å². The number of nitro groups is 1. The number of hydrogen-bond donors (Lipinski definition) is 0. The van der Waals surface area contributed by atoms with Crippen LogP contribution in [0.25, 0.3) is 0 Å². The molecule has 104 valence electrons. The van der Waals surface area contributed by atoms with E-state index in [0.29, 0.717) is 18.0 Å². The standard InChI is InChI=1S/C12H9Cl2N3O3/c1-2-11-15-10(14)6-12(16-11)20-7-3-4-9(17(18)19)8(13)5-7/h3-6H,2H2,1H3. The van der Waals surface area contributed by atoms with Gasteiger partial charge in [-0.25, -0.2) is 4.98 Å². The van der Waals surface area contributed by atoms with Gasteiger partial charge >= 0.3 is 0 Å². The molecule has 2 rings (SSSR count). The molecule has 8 heteroatoms. The number of rotatable bonds is 4. The average molecular weight is 314 g/mol. The van der Waals surface area contributed by atoms with Crippen molar-refractivity contribution in [3.05, 3.63) is 50.4 Å². The molecule has 1 aromatic carbocycles. The third kappa shape index (κ3) is 3.34. The van der Waals surface area contributed by atoms with Crippen LogP contribution in [0.4, 0.5) is 5.69 Å². The van der Waals surface area contributed by atoms with Gasteiger partial charge in [-0.1, -0.05) is 30.1 Å². The van der Waals surface area contributed by atoms with Gasteiger partial charge in [0.15, 0.2) is 0 Å². The van der Waals surface area contributed by atoms with Crippen LogP contribution >= 0.6 is 23.2 Å². The Bertz CT molecular complexity index is 664. The zero-order chi connectivity index (χ0) is 14.7. The summed E-state index contributed by atoms with van der Waals surface area (Å²) in [7, 11) is 0. The van der Waals surface area contributed by atoms with E-state index in [4.69, 9.17) is 27.9 Å². The van der Waals surface area contributed by atoms with Crippen molar-refractivity contribution in [2.75, 3.05) is 0 Å². The minimum atomic E-state index is -0.567. The molecule has 0 radical (unpaired) electrons. The fourth-order valence-electron chi connectivity index (χ4n) is 1.47. The summed E-state index contributed by atoms with van der Waals surface area (Å²) in [5.74, 6) is 1.13. The molecular weight excluding hydrogens is 305 g/mol. The van der Waals surface area contributed by atoms with Gasteiger partial charge in [0.05, 0.1) is 4.92 Å². The first kappa shape index (κ1) is 14.5. The molecule has 0 aliphatic heterocycles. The minimum Gasteiger partial charge on any atom is -0.439 e. The Morgan fingerprint density at radius 2 is 2.05 bits per heavy atom. The van der Waals surface area contributed by atoms with E-state index < -0.39 is 4.92 Å². The van der Waals surface area contributed by atoms with E-state index >= 15 is 0 Å². The Kier molecular flexibility index (Phi) is 4.36. The van der Waals surface area contributed by atoms with Gasteiger partial charge in [0.2, 0.25) is 5.88 Å². The molecule has 0 saturated carbocycles. The molecular formula is C12H9Cl2N3O3. The summed E-state index contributed by atoms with van der Waals surface area (Å²) in [6, 6.07) is 5.50. The van der Waals surface area contributed by atoms with Crippen molar-refractivity contribution in [1.29, 1.82) is 0 Å².